The van der Waals surface area contributed by atoms with E-state index in [0.717, 1.165) is 33.7 Å². The molecule has 5 nitrogen and oxygen atoms in total. The number of benzene rings is 2. The van der Waals surface area contributed by atoms with Crippen LogP contribution in [0.2, 0.25) is 5.28 Å². The topological polar surface area (TPSA) is 51.9 Å². The summed E-state index contributed by atoms with van der Waals surface area (Å²) in [6.45, 7) is 4.62. The highest BCUT2D eigenvalue weighted by Crippen LogP contribution is 2.22. The highest BCUT2D eigenvalue weighted by atomic mass is 35.5. The number of fused-ring (bicyclic) bond motifs is 1. The summed E-state index contributed by atoms with van der Waals surface area (Å²) in [4.78, 5) is 16.9. The number of aromatic nitrogens is 3. The van der Waals surface area contributed by atoms with Gasteiger partial charge in [-0.3, -0.25) is 4.79 Å². The van der Waals surface area contributed by atoms with Crippen molar-refractivity contribution in [3.63, 3.8) is 0 Å². The standard InChI is InChI=1S/C22H21ClN4O/c1-14-11-17(15(2)27(14)18-7-5-4-6-8-18)13-24-21(28)16-9-10-19-20(12-16)26(3)22(23)25-19/h4-12H,13H2,1-3H3,(H,24,28). The van der Waals surface area contributed by atoms with Crippen LogP contribution in [0.25, 0.3) is 16.7 Å². The highest BCUT2D eigenvalue weighted by molar-refractivity contribution is 6.29. The Morgan fingerprint density at radius 2 is 1.86 bits per heavy atom. The molecule has 0 unspecified atom stereocenters. The van der Waals surface area contributed by atoms with Crippen molar-refractivity contribution in [2.24, 2.45) is 7.05 Å². The van der Waals surface area contributed by atoms with E-state index in [2.05, 4.69) is 46.9 Å². The number of hydrogen-bond donors (Lipinski definition) is 1. The Morgan fingerprint density at radius 1 is 1.11 bits per heavy atom. The number of amides is 1. The number of imidazole rings is 1. The van der Waals surface area contributed by atoms with E-state index in [-0.39, 0.29) is 5.91 Å². The minimum Gasteiger partial charge on any atom is -0.348 e. The SMILES string of the molecule is Cc1cc(CNC(=O)c2ccc3nc(Cl)n(C)c3c2)c(C)n1-c1ccccc1. The monoisotopic (exact) mass is 392 g/mol. The second-order valence-electron chi connectivity index (χ2n) is 6.89. The van der Waals surface area contributed by atoms with Crippen LogP contribution in [0.4, 0.5) is 0 Å². The Bertz CT molecular complexity index is 1170. The summed E-state index contributed by atoms with van der Waals surface area (Å²) in [5.41, 5.74) is 6.67. The van der Waals surface area contributed by atoms with Crippen molar-refractivity contribution in [2.75, 3.05) is 0 Å². The van der Waals surface area contributed by atoms with Crippen molar-refractivity contribution in [3.05, 3.63) is 82.4 Å². The predicted molar refractivity (Wildman–Crippen MR) is 112 cm³/mol. The van der Waals surface area contributed by atoms with Gasteiger partial charge in [0.25, 0.3) is 5.91 Å². The van der Waals surface area contributed by atoms with E-state index >= 15 is 0 Å². The van der Waals surface area contributed by atoms with Gasteiger partial charge in [-0.05, 0) is 67.4 Å². The number of aryl methyl sites for hydroxylation is 2. The molecule has 4 aromatic rings. The summed E-state index contributed by atoms with van der Waals surface area (Å²) in [6.07, 6.45) is 0. The van der Waals surface area contributed by atoms with Crippen LogP contribution in [-0.4, -0.2) is 20.0 Å². The van der Waals surface area contributed by atoms with E-state index in [4.69, 9.17) is 11.6 Å². The Balaban J connectivity index is 1.55. The maximum atomic E-state index is 12.7. The lowest BCUT2D eigenvalue weighted by Crippen LogP contribution is -2.23. The fraction of sp³-hybridized carbons (Fsp3) is 0.182. The first-order valence-corrected chi connectivity index (χ1v) is 9.47. The minimum atomic E-state index is -0.122. The van der Waals surface area contributed by atoms with Crippen LogP contribution in [0, 0.1) is 13.8 Å². The van der Waals surface area contributed by atoms with E-state index in [9.17, 15) is 4.79 Å². The minimum absolute atomic E-state index is 0.122. The number of rotatable bonds is 4. The first kappa shape index (κ1) is 18.3. The Kier molecular flexibility index (Phi) is 4.69. The summed E-state index contributed by atoms with van der Waals surface area (Å²) >= 11 is 6.06. The maximum absolute atomic E-state index is 12.7. The molecule has 0 aliphatic heterocycles. The average Bonchev–Trinajstić information content (AvgIpc) is 3.15. The second kappa shape index (κ2) is 7.17. The van der Waals surface area contributed by atoms with Crippen molar-refractivity contribution < 1.29 is 4.79 Å². The molecule has 0 radical (unpaired) electrons. The third kappa shape index (κ3) is 3.18. The molecule has 1 amide bonds. The number of nitrogens with one attached hydrogen (secondary N) is 1. The van der Waals surface area contributed by atoms with E-state index in [0.29, 0.717) is 17.4 Å². The fourth-order valence-corrected chi connectivity index (χ4v) is 3.74. The van der Waals surface area contributed by atoms with Gasteiger partial charge < -0.3 is 14.5 Å². The summed E-state index contributed by atoms with van der Waals surface area (Å²) in [6, 6.07) is 17.7. The van der Waals surface area contributed by atoms with Gasteiger partial charge in [0, 0.05) is 36.2 Å². The summed E-state index contributed by atoms with van der Waals surface area (Å²) in [5, 5.41) is 3.43. The first-order valence-electron chi connectivity index (χ1n) is 9.09. The zero-order valence-electron chi connectivity index (χ0n) is 16.0. The molecule has 142 valence electrons. The largest absolute Gasteiger partial charge is 0.348 e. The number of halogens is 1. The first-order chi connectivity index (χ1) is 13.5. The van der Waals surface area contributed by atoms with Crippen molar-refractivity contribution in [2.45, 2.75) is 20.4 Å². The van der Waals surface area contributed by atoms with Gasteiger partial charge in [0.15, 0.2) is 0 Å². The summed E-state index contributed by atoms with van der Waals surface area (Å²) in [5.74, 6) is -0.122. The quantitative estimate of drug-likeness (QED) is 0.553. The summed E-state index contributed by atoms with van der Waals surface area (Å²) in [7, 11) is 1.83. The van der Waals surface area contributed by atoms with Gasteiger partial charge in [-0.25, -0.2) is 4.98 Å². The number of nitrogens with zero attached hydrogens (tertiary/aromatic N) is 3. The highest BCUT2D eigenvalue weighted by Gasteiger charge is 2.14. The van der Waals surface area contributed by atoms with Gasteiger partial charge in [-0.2, -0.15) is 0 Å². The molecule has 0 spiro atoms. The zero-order valence-corrected chi connectivity index (χ0v) is 16.8. The molecule has 0 fully saturated rings. The molecule has 6 heteroatoms. The third-order valence-electron chi connectivity index (χ3n) is 5.08. The maximum Gasteiger partial charge on any atom is 0.251 e. The van der Waals surface area contributed by atoms with Crippen LogP contribution >= 0.6 is 11.6 Å². The molecule has 28 heavy (non-hydrogen) atoms. The molecule has 0 saturated heterocycles. The van der Waals surface area contributed by atoms with E-state index in [1.54, 1.807) is 10.6 Å². The van der Waals surface area contributed by atoms with Gasteiger partial charge in [0.1, 0.15) is 0 Å². The van der Waals surface area contributed by atoms with Gasteiger partial charge in [0.2, 0.25) is 5.28 Å². The Morgan fingerprint density at radius 3 is 2.61 bits per heavy atom. The summed E-state index contributed by atoms with van der Waals surface area (Å²) < 4.78 is 3.96. The average molecular weight is 393 g/mol. The number of carbonyl (C=O) groups excluding carboxylic acids is 1. The molecule has 0 aliphatic rings. The molecule has 0 aliphatic carbocycles. The molecule has 4 rings (SSSR count). The van der Waals surface area contributed by atoms with Gasteiger partial charge in [-0.15, -0.1) is 0 Å². The molecule has 1 N–H and O–H groups in total. The Hall–Kier alpha value is -3.05. The van der Waals surface area contributed by atoms with Gasteiger partial charge in [0.05, 0.1) is 11.0 Å². The molecular weight excluding hydrogens is 372 g/mol. The molecular formula is C22H21ClN4O. The van der Waals surface area contributed by atoms with Crippen LogP contribution in [0.15, 0.2) is 54.6 Å². The lowest BCUT2D eigenvalue weighted by molar-refractivity contribution is 0.0951. The van der Waals surface area contributed by atoms with Crippen molar-refractivity contribution in [3.8, 4) is 5.69 Å². The number of carbonyl (C=O) groups is 1. The molecule has 0 saturated carbocycles. The van der Waals surface area contributed by atoms with Crippen LogP contribution in [0.1, 0.15) is 27.3 Å². The lowest BCUT2D eigenvalue weighted by Gasteiger charge is -2.10. The van der Waals surface area contributed by atoms with Crippen LogP contribution in [0.5, 0.6) is 0 Å². The molecule has 2 heterocycles. The second-order valence-corrected chi connectivity index (χ2v) is 7.23. The van der Waals surface area contributed by atoms with E-state index in [1.807, 2.05) is 37.4 Å². The van der Waals surface area contributed by atoms with Crippen LogP contribution in [-0.2, 0) is 13.6 Å². The van der Waals surface area contributed by atoms with E-state index in [1.165, 1.54) is 0 Å². The third-order valence-corrected chi connectivity index (χ3v) is 5.42. The molecule has 0 bridgehead atoms. The molecule has 2 aromatic carbocycles. The number of hydrogen-bond acceptors (Lipinski definition) is 2. The lowest BCUT2D eigenvalue weighted by atomic mass is 10.1. The Labute approximate surface area is 168 Å². The smallest absolute Gasteiger partial charge is 0.251 e. The van der Waals surface area contributed by atoms with Crippen LogP contribution in [0.3, 0.4) is 0 Å². The molecule has 2 aromatic heterocycles. The zero-order chi connectivity index (χ0) is 19.8. The van der Waals surface area contributed by atoms with Crippen molar-refractivity contribution >= 4 is 28.5 Å². The van der Waals surface area contributed by atoms with Crippen LogP contribution < -0.4 is 5.32 Å². The fourth-order valence-electron chi connectivity index (χ4n) is 3.56. The normalized spacial score (nSPS) is 11.1. The number of para-hydroxylation sites is 1. The van der Waals surface area contributed by atoms with Crippen molar-refractivity contribution in [1.29, 1.82) is 0 Å². The van der Waals surface area contributed by atoms with Gasteiger partial charge >= 0.3 is 0 Å². The van der Waals surface area contributed by atoms with Gasteiger partial charge in [-0.1, -0.05) is 18.2 Å². The predicted octanol–water partition coefficient (Wildman–Crippen LogP) is 4.56. The van der Waals surface area contributed by atoms with Crippen molar-refractivity contribution in [1.82, 2.24) is 19.4 Å². The van der Waals surface area contributed by atoms with E-state index < -0.39 is 0 Å². The molecule has 0 atom stereocenters.